The Hall–Kier alpha value is -1.10. The van der Waals surface area contributed by atoms with Crippen LogP contribution >= 0.6 is 0 Å². The van der Waals surface area contributed by atoms with Gasteiger partial charge in [-0.1, -0.05) is 13.3 Å². The quantitative estimate of drug-likeness (QED) is 0.698. The zero-order chi connectivity index (χ0) is 13.5. The summed E-state index contributed by atoms with van der Waals surface area (Å²) in [5, 5.41) is 11.9. The van der Waals surface area contributed by atoms with Crippen LogP contribution in [0.4, 0.5) is 0 Å². The number of hydrogen-bond donors (Lipinski definition) is 2. The van der Waals surface area contributed by atoms with Crippen molar-refractivity contribution >= 4 is 11.9 Å². The first-order valence-corrected chi connectivity index (χ1v) is 6.80. The molecule has 1 aliphatic rings. The van der Waals surface area contributed by atoms with Crippen molar-refractivity contribution in [3.05, 3.63) is 0 Å². The van der Waals surface area contributed by atoms with E-state index in [1.807, 2.05) is 4.90 Å². The van der Waals surface area contributed by atoms with E-state index in [1.54, 1.807) is 6.92 Å². The molecule has 1 saturated heterocycles. The Kier molecular flexibility index (Phi) is 6.12. The van der Waals surface area contributed by atoms with E-state index >= 15 is 0 Å². The van der Waals surface area contributed by atoms with E-state index in [2.05, 4.69) is 12.2 Å². The summed E-state index contributed by atoms with van der Waals surface area (Å²) in [6, 6.07) is -0.503. The molecule has 1 amide bonds. The lowest BCUT2D eigenvalue weighted by molar-refractivity contribution is -0.144. The highest BCUT2D eigenvalue weighted by molar-refractivity contribution is 5.79. The Balaban J connectivity index is 2.43. The first-order valence-electron chi connectivity index (χ1n) is 6.80. The van der Waals surface area contributed by atoms with Gasteiger partial charge in [-0.2, -0.15) is 0 Å². The number of likely N-dealkylation sites (tertiary alicyclic amines) is 1. The minimum absolute atomic E-state index is 0.0580. The number of hydrogen-bond acceptors (Lipinski definition) is 3. The summed E-state index contributed by atoms with van der Waals surface area (Å²) < 4.78 is 0. The number of nitrogens with one attached hydrogen (secondary N) is 1. The molecule has 0 bridgehead atoms. The zero-order valence-corrected chi connectivity index (χ0v) is 11.3. The third-order valence-electron chi connectivity index (χ3n) is 3.56. The first-order chi connectivity index (χ1) is 8.56. The Bertz CT molecular complexity index is 294. The maximum Gasteiger partial charge on any atom is 0.320 e. The highest BCUT2D eigenvalue weighted by Gasteiger charge is 2.30. The molecule has 5 nitrogen and oxygen atoms in total. The molecule has 0 spiro atoms. The van der Waals surface area contributed by atoms with Crippen molar-refractivity contribution in [3.8, 4) is 0 Å². The minimum Gasteiger partial charge on any atom is -0.480 e. The molecule has 2 unspecified atom stereocenters. The normalized spacial score (nSPS) is 22.4. The van der Waals surface area contributed by atoms with E-state index in [-0.39, 0.29) is 11.8 Å². The molecule has 0 aromatic heterocycles. The molecule has 0 aromatic carbocycles. The Morgan fingerprint density at radius 1 is 1.50 bits per heavy atom. The number of carboxylic acids is 1. The van der Waals surface area contributed by atoms with E-state index in [4.69, 9.17) is 5.11 Å². The Morgan fingerprint density at radius 3 is 2.83 bits per heavy atom. The number of nitrogens with zero attached hydrogens (tertiary/aromatic N) is 1. The second-order valence-electron chi connectivity index (χ2n) is 4.99. The molecule has 1 rings (SSSR count). The molecule has 18 heavy (non-hydrogen) atoms. The van der Waals surface area contributed by atoms with E-state index < -0.39 is 12.0 Å². The monoisotopic (exact) mass is 256 g/mol. The molecular formula is C13H24N2O3. The summed E-state index contributed by atoms with van der Waals surface area (Å²) in [7, 11) is 0. The highest BCUT2D eigenvalue weighted by atomic mass is 16.4. The molecule has 1 fully saturated rings. The SMILES string of the molecule is CCCCNC(=O)C1CCCN(C(C)C(=O)O)C1. The second kappa shape index (κ2) is 7.36. The van der Waals surface area contributed by atoms with Gasteiger partial charge in [-0.05, 0) is 32.7 Å². The third-order valence-corrected chi connectivity index (χ3v) is 3.56. The number of carboxylic acid groups (broad SMARTS) is 1. The molecule has 0 saturated carbocycles. The standard InChI is InChI=1S/C13H24N2O3/c1-3-4-7-14-12(16)11-6-5-8-15(9-11)10(2)13(17)18/h10-11H,3-9H2,1-2H3,(H,14,16)(H,17,18). The lowest BCUT2D eigenvalue weighted by atomic mass is 9.96. The first kappa shape index (κ1) is 15.0. The molecule has 1 aliphatic heterocycles. The number of amides is 1. The molecule has 0 aliphatic carbocycles. The van der Waals surface area contributed by atoms with Crippen molar-refractivity contribution in [2.45, 2.75) is 45.6 Å². The Labute approximate surface area is 109 Å². The van der Waals surface area contributed by atoms with Crippen molar-refractivity contribution in [3.63, 3.8) is 0 Å². The summed E-state index contributed by atoms with van der Waals surface area (Å²) in [5.41, 5.74) is 0. The predicted molar refractivity (Wildman–Crippen MR) is 69.3 cm³/mol. The summed E-state index contributed by atoms with van der Waals surface area (Å²) in [6.07, 6.45) is 3.81. The van der Waals surface area contributed by atoms with Gasteiger partial charge in [0, 0.05) is 13.1 Å². The van der Waals surface area contributed by atoms with Crippen molar-refractivity contribution in [2.75, 3.05) is 19.6 Å². The summed E-state index contributed by atoms with van der Waals surface area (Å²) in [6.45, 7) is 5.82. The average Bonchev–Trinajstić information content (AvgIpc) is 2.38. The maximum absolute atomic E-state index is 11.9. The molecule has 104 valence electrons. The van der Waals surface area contributed by atoms with E-state index in [0.717, 1.165) is 38.8 Å². The third kappa shape index (κ3) is 4.29. The van der Waals surface area contributed by atoms with Crippen LogP contribution in [-0.2, 0) is 9.59 Å². The van der Waals surface area contributed by atoms with E-state index in [1.165, 1.54) is 0 Å². The molecule has 2 atom stereocenters. The summed E-state index contributed by atoms with van der Waals surface area (Å²) in [5.74, 6) is -0.801. The van der Waals surface area contributed by atoms with Gasteiger partial charge in [-0.15, -0.1) is 0 Å². The van der Waals surface area contributed by atoms with Crippen LogP contribution in [0, 0.1) is 5.92 Å². The van der Waals surface area contributed by atoms with Gasteiger partial charge < -0.3 is 10.4 Å². The largest absolute Gasteiger partial charge is 0.480 e. The van der Waals surface area contributed by atoms with Crippen LogP contribution in [0.5, 0.6) is 0 Å². The van der Waals surface area contributed by atoms with Gasteiger partial charge in [0.05, 0.1) is 5.92 Å². The summed E-state index contributed by atoms with van der Waals surface area (Å²) >= 11 is 0. The fourth-order valence-electron chi connectivity index (χ4n) is 2.26. The molecule has 2 N–H and O–H groups in total. The van der Waals surface area contributed by atoms with Crippen LogP contribution < -0.4 is 5.32 Å². The number of unbranched alkanes of at least 4 members (excludes halogenated alkanes) is 1. The average molecular weight is 256 g/mol. The van der Waals surface area contributed by atoms with E-state index in [9.17, 15) is 9.59 Å². The lowest BCUT2D eigenvalue weighted by Crippen LogP contribution is -2.48. The van der Waals surface area contributed by atoms with Crippen LogP contribution in [0.1, 0.15) is 39.5 Å². The van der Waals surface area contributed by atoms with Crippen LogP contribution in [-0.4, -0.2) is 47.6 Å². The van der Waals surface area contributed by atoms with Crippen LogP contribution in [0.2, 0.25) is 0 Å². The van der Waals surface area contributed by atoms with Gasteiger partial charge in [-0.25, -0.2) is 0 Å². The minimum atomic E-state index is -0.818. The van der Waals surface area contributed by atoms with Gasteiger partial charge in [-0.3, -0.25) is 14.5 Å². The van der Waals surface area contributed by atoms with Crippen LogP contribution in [0.25, 0.3) is 0 Å². The molecular weight excluding hydrogens is 232 g/mol. The van der Waals surface area contributed by atoms with Crippen LogP contribution in [0.3, 0.4) is 0 Å². The van der Waals surface area contributed by atoms with E-state index in [0.29, 0.717) is 6.54 Å². The lowest BCUT2D eigenvalue weighted by Gasteiger charge is -2.34. The topological polar surface area (TPSA) is 69.6 Å². The fraction of sp³-hybridized carbons (Fsp3) is 0.846. The van der Waals surface area contributed by atoms with Crippen LogP contribution in [0.15, 0.2) is 0 Å². The van der Waals surface area contributed by atoms with Crippen molar-refractivity contribution in [2.24, 2.45) is 5.92 Å². The van der Waals surface area contributed by atoms with Gasteiger partial charge in [0.2, 0.25) is 5.91 Å². The maximum atomic E-state index is 11.9. The highest BCUT2D eigenvalue weighted by Crippen LogP contribution is 2.18. The number of carbonyl (C=O) groups is 2. The van der Waals surface area contributed by atoms with Gasteiger partial charge in [0.1, 0.15) is 6.04 Å². The predicted octanol–water partition coefficient (Wildman–Crippen LogP) is 1.09. The van der Waals surface area contributed by atoms with Crippen molar-refractivity contribution in [1.82, 2.24) is 10.2 Å². The van der Waals surface area contributed by atoms with Crippen molar-refractivity contribution in [1.29, 1.82) is 0 Å². The van der Waals surface area contributed by atoms with Gasteiger partial charge in [0.25, 0.3) is 0 Å². The Morgan fingerprint density at radius 2 is 2.22 bits per heavy atom. The van der Waals surface area contributed by atoms with Gasteiger partial charge >= 0.3 is 5.97 Å². The molecule has 1 heterocycles. The molecule has 5 heteroatoms. The molecule has 0 radical (unpaired) electrons. The summed E-state index contributed by atoms with van der Waals surface area (Å²) in [4.78, 5) is 24.8. The van der Waals surface area contributed by atoms with Gasteiger partial charge in [0.15, 0.2) is 0 Å². The second-order valence-corrected chi connectivity index (χ2v) is 4.99. The number of aliphatic carboxylic acids is 1. The smallest absolute Gasteiger partial charge is 0.320 e. The number of piperidine rings is 1. The number of rotatable bonds is 6. The zero-order valence-electron chi connectivity index (χ0n) is 11.3. The molecule has 0 aromatic rings. The fourth-order valence-corrected chi connectivity index (χ4v) is 2.26. The van der Waals surface area contributed by atoms with Crippen molar-refractivity contribution < 1.29 is 14.7 Å². The number of carbonyl (C=O) groups excluding carboxylic acids is 1.